The summed E-state index contributed by atoms with van der Waals surface area (Å²) in [6.45, 7) is 9.21. The number of hydrogen-bond donors (Lipinski definition) is 1. The van der Waals surface area contributed by atoms with E-state index >= 15 is 0 Å². The second-order valence-electron chi connectivity index (χ2n) is 7.22. The zero-order valence-corrected chi connectivity index (χ0v) is 12.4. The topological polar surface area (TPSA) is 44.5 Å². The summed E-state index contributed by atoms with van der Waals surface area (Å²) in [4.78, 5) is 0. The highest BCUT2D eigenvalue weighted by molar-refractivity contribution is 4.98. The molecule has 1 saturated heterocycles. The molecule has 0 bridgehead atoms. The molecule has 1 saturated carbocycles. The Morgan fingerprint density at radius 1 is 1.11 bits per heavy atom. The van der Waals surface area contributed by atoms with Gasteiger partial charge in [-0.1, -0.05) is 19.3 Å². The van der Waals surface area contributed by atoms with Gasteiger partial charge in [-0.25, -0.2) is 0 Å². The van der Waals surface area contributed by atoms with Gasteiger partial charge in [-0.3, -0.25) is 0 Å². The van der Waals surface area contributed by atoms with Crippen molar-refractivity contribution in [1.29, 1.82) is 0 Å². The Labute approximate surface area is 111 Å². The standard InChI is InChI=1S/C15H29NO2/c1-13(2)10-12(14(3,4)18-13)17-15(11-16)8-6-5-7-9-15/h12H,5-11,16H2,1-4H3. The molecule has 0 radical (unpaired) electrons. The van der Waals surface area contributed by atoms with Gasteiger partial charge in [-0.2, -0.15) is 0 Å². The summed E-state index contributed by atoms with van der Waals surface area (Å²) in [7, 11) is 0. The lowest BCUT2D eigenvalue weighted by atomic mass is 9.83. The van der Waals surface area contributed by atoms with Crippen LogP contribution in [0, 0.1) is 0 Å². The molecule has 1 unspecified atom stereocenters. The number of hydrogen-bond acceptors (Lipinski definition) is 3. The lowest BCUT2D eigenvalue weighted by molar-refractivity contribution is -0.159. The van der Waals surface area contributed by atoms with Crippen molar-refractivity contribution in [3.05, 3.63) is 0 Å². The van der Waals surface area contributed by atoms with Gasteiger partial charge in [-0.15, -0.1) is 0 Å². The Kier molecular flexibility index (Phi) is 3.79. The van der Waals surface area contributed by atoms with Crippen LogP contribution in [0.15, 0.2) is 0 Å². The Balaban J connectivity index is 2.07. The molecule has 18 heavy (non-hydrogen) atoms. The van der Waals surface area contributed by atoms with Crippen LogP contribution in [0.4, 0.5) is 0 Å². The molecule has 0 spiro atoms. The molecular formula is C15H29NO2. The van der Waals surface area contributed by atoms with Crippen LogP contribution in [0.1, 0.15) is 66.2 Å². The van der Waals surface area contributed by atoms with Crippen molar-refractivity contribution in [2.75, 3.05) is 6.54 Å². The Bertz CT molecular complexity index is 293. The second-order valence-corrected chi connectivity index (χ2v) is 7.22. The van der Waals surface area contributed by atoms with Crippen molar-refractivity contribution in [3.8, 4) is 0 Å². The van der Waals surface area contributed by atoms with Crippen molar-refractivity contribution < 1.29 is 9.47 Å². The first kappa shape index (κ1) is 14.3. The maximum Gasteiger partial charge on any atom is 0.0895 e. The Hall–Kier alpha value is -0.120. The van der Waals surface area contributed by atoms with Crippen LogP contribution in [0.3, 0.4) is 0 Å². The van der Waals surface area contributed by atoms with E-state index in [1.807, 2.05) is 0 Å². The van der Waals surface area contributed by atoms with E-state index in [4.69, 9.17) is 15.2 Å². The van der Waals surface area contributed by atoms with Crippen molar-refractivity contribution in [2.24, 2.45) is 5.73 Å². The molecular weight excluding hydrogens is 226 g/mol. The fraction of sp³-hybridized carbons (Fsp3) is 1.00. The molecule has 0 amide bonds. The maximum atomic E-state index is 6.49. The van der Waals surface area contributed by atoms with E-state index in [-0.39, 0.29) is 22.9 Å². The molecule has 3 heteroatoms. The van der Waals surface area contributed by atoms with Gasteiger partial charge in [0.2, 0.25) is 0 Å². The van der Waals surface area contributed by atoms with Crippen LogP contribution < -0.4 is 5.73 Å². The van der Waals surface area contributed by atoms with Crippen LogP contribution in [0.2, 0.25) is 0 Å². The molecule has 2 rings (SSSR count). The fourth-order valence-corrected chi connectivity index (χ4v) is 3.56. The number of rotatable bonds is 3. The molecule has 0 aromatic rings. The molecule has 0 aromatic heterocycles. The third-order valence-corrected chi connectivity index (χ3v) is 4.52. The number of ether oxygens (including phenoxy) is 2. The molecule has 1 atom stereocenters. The molecule has 3 nitrogen and oxygen atoms in total. The van der Waals surface area contributed by atoms with Gasteiger partial charge in [-0.05, 0) is 40.5 Å². The van der Waals surface area contributed by atoms with Gasteiger partial charge in [0.25, 0.3) is 0 Å². The van der Waals surface area contributed by atoms with E-state index in [0.717, 1.165) is 19.3 Å². The first-order valence-corrected chi connectivity index (χ1v) is 7.37. The summed E-state index contributed by atoms with van der Waals surface area (Å²) in [5.41, 5.74) is 5.62. The molecule has 2 aliphatic rings. The number of nitrogens with two attached hydrogens (primary N) is 1. The van der Waals surface area contributed by atoms with Crippen LogP contribution in [-0.4, -0.2) is 29.5 Å². The van der Waals surface area contributed by atoms with Crippen LogP contribution in [-0.2, 0) is 9.47 Å². The van der Waals surface area contributed by atoms with Crippen molar-refractivity contribution in [1.82, 2.24) is 0 Å². The third-order valence-electron chi connectivity index (χ3n) is 4.52. The Morgan fingerprint density at radius 2 is 1.72 bits per heavy atom. The molecule has 0 aromatic carbocycles. The zero-order chi connectivity index (χ0) is 13.4. The first-order chi connectivity index (χ1) is 8.29. The molecule has 1 aliphatic heterocycles. The van der Waals surface area contributed by atoms with E-state index in [2.05, 4.69) is 27.7 Å². The predicted octanol–water partition coefficient (Wildman–Crippen LogP) is 3.01. The lowest BCUT2D eigenvalue weighted by Gasteiger charge is -2.41. The van der Waals surface area contributed by atoms with Gasteiger partial charge >= 0.3 is 0 Å². The van der Waals surface area contributed by atoms with E-state index in [0.29, 0.717) is 6.54 Å². The molecule has 1 heterocycles. The SMILES string of the molecule is CC1(C)CC(OC2(CN)CCCCC2)C(C)(C)O1. The van der Waals surface area contributed by atoms with E-state index in [1.165, 1.54) is 19.3 Å². The highest BCUT2D eigenvalue weighted by Gasteiger charge is 2.49. The van der Waals surface area contributed by atoms with Crippen molar-refractivity contribution in [2.45, 2.75) is 89.1 Å². The monoisotopic (exact) mass is 255 g/mol. The van der Waals surface area contributed by atoms with E-state index < -0.39 is 0 Å². The highest BCUT2D eigenvalue weighted by atomic mass is 16.6. The maximum absolute atomic E-state index is 6.49. The van der Waals surface area contributed by atoms with E-state index in [9.17, 15) is 0 Å². The average molecular weight is 255 g/mol. The summed E-state index contributed by atoms with van der Waals surface area (Å²) < 4.78 is 12.6. The van der Waals surface area contributed by atoms with E-state index in [1.54, 1.807) is 0 Å². The van der Waals surface area contributed by atoms with Crippen molar-refractivity contribution in [3.63, 3.8) is 0 Å². The molecule has 2 N–H and O–H groups in total. The van der Waals surface area contributed by atoms with Gasteiger partial charge < -0.3 is 15.2 Å². The molecule has 2 fully saturated rings. The summed E-state index contributed by atoms with van der Waals surface area (Å²) in [6, 6.07) is 0. The minimum Gasteiger partial charge on any atom is -0.367 e. The van der Waals surface area contributed by atoms with Crippen LogP contribution in [0.5, 0.6) is 0 Å². The fourth-order valence-electron chi connectivity index (χ4n) is 3.56. The minimum absolute atomic E-state index is 0.0847. The third kappa shape index (κ3) is 2.89. The predicted molar refractivity (Wildman–Crippen MR) is 73.6 cm³/mol. The molecule has 106 valence electrons. The van der Waals surface area contributed by atoms with Gasteiger partial charge in [0.1, 0.15) is 0 Å². The lowest BCUT2D eigenvalue weighted by Crippen LogP contribution is -2.49. The van der Waals surface area contributed by atoms with Gasteiger partial charge in [0.05, 0.1) is 22.9 Å². The van der Waals surface area contributed by atoms with Gasteiger partial charge in [0.15, 0.2) is 0 Å². The zero-order valence-electron chi connectivity index (χ0n) is 12.4. The summed E-state index contributed by atoms with van der Waals surface area (Å²) in [5.74, 6) is 0. The summed E-state index contributed by atoms with van der Waals surface area (Å²) in [6.07, 6.45) is 7.15. The largest absolute Gasteiger partial charge is 0.367 e. The summed E-state index contributed by atoms with van der Waals surface area (Å²) >= 11 is 0. The van der Waals surface area contributed by atoms with Crippen LogP contribution in [0.25, 0.3) is 0 Å². The van der Waals surface area contributed by atoms with Gasteiger partial charge in [0, 0.05) is 13.0 Å². The summed E-state index contributed by atoms with van der Waals surface area (Å²) in [5, 5.41) is 0. The highest BCUT2D eigenvalue weighted by Crippen LogP contribution is 2.43. The minimum atomic E-state index is -0.205. The smallest absolute Gasteiger partial charge is 0.0895 e. The normalized spacial score (nSPS) is 33.5. The Morgan fingerprint density at radius 3 is 2.17 bits per heavy atom. The second kappa shape index (κ2) is 4.77. The van der Waals surface area contributed by atoms with Crippen molar-refractivity contribution >= 4 is 0 Å². The average Bonchev–Trinajstić information content (AvgIpc) is 2.48. The quantitative estimate of drug-likeness (QED) is 0.843. The first-order valence-electron chi connectivity index (χ1n) is 7.37. The van der Waals surface area contributed by atoms with Crippen LogP contribution >= 0.6 is 0 Å². The molecule has 1 aliphatic carbocycles.